The molecule has 1 aliphatic heterocycles. The van der Waals surface area contributed by atoms with Gasteiger partial charge in [-0.15, -0.1) is 0 Å². The van der Waals surface area contributed by atoms with Gasteiger partial charge in [0.2, 0.25) is 6.08 Å². The molecule has 1 saturated heterocycles. The second-order valence-electron chi connectivity index (χ2n) is 5.81. The van der Waals surface area contributed by atoms with Gasteiger partial charge in [0.1, 0.15) is 0 Å². The molecule has 1 N–H and O–H groups in total. The Hall–Kier alpha value is -1.48. The Balaban J connectivity index is 1.69. The fraction of sp³-hybridized carbons (Fsp3) is 0.562. The molecular weight excluding hydrogens is 250 g/mol. The molecule has 1 heterocycles. The van der Waals surface area contributed by atoms with E-state index < -0.39 is 0 Å². The Labute approximate surface area is 119 Å². The van der Waals surface area contributed by atoms with E-state index in [9.17, 15) is 4.79 Å². The molecule has 2 aliphatic rings. The molecule has 0 spiro atoms. The van der Waals surface area contributed by atoms with Crippen LogP contribution in [0, 0.1) is 0 Å². The molecule has 0 bridgehead atoms. The fourth-order valence-corrected chi connectivity index (χ4v) is 3.11. The Bertz CT molecular complexity index is 495. The van der Waals surface area contributed by atoms with E-state index in [0.29, 0.717) is 0 Å². The van der Waals surface area contributed by atoms with E-state index in [0.717, 1.165) is 57.5 Å². The molecule has 4 nitrogen and oxygen atoms in total. The first-order valence-electron chi connectivity index (χ1n) is 7.44. The van der Waals surface area contributed by atoms with Crippen LogP contribution in [0.1, 0.15) is 30.4 Å². The summed E-state index contributed by atoms with van der Waals surface area (Å²) in [6.07, 6.45) is 4.84. The van der Waals surface area contributed by atoms with Gasteiger partial charge in [-0.1, -0.05) is 24.3 Å². The molecule has 3 rings (SSSR count). The van der Waals surface area contributed by atoms with Crippen LogP contribution in [-0.4, -0.2) is 37.2 Å². The van der Waals surface area contributed by atoms with Crippen molar-refractivity contribution in [2.75, 3.05) is 26.2 Å². The van der Waals surface area contributed by atoms with Crippen LogP contribution in [0.2, 0.25) is 0 Å². The Morgan fingerprint density at radius 1 is 1.20 bits per heavy atom. The van der Waals surface area contributed by atoms with Gasteiger partial charge in [-0.3, -0.25) is 4.90 Å². The van der Waals surface area contributed by atoms with Gasteiger partial charge in [-0.05, 0) is 30.4 Å². The summed E-state index contributed by atoms with van der Waals surface area (Å²) in [7, 11) is 0. The SMILES string of the molecule is O=C=NC1(c2ccc(CN3CCNCC3)cc2)CCC1. The highest BCUT2D eigenvalue weighted by atomic mass is 16.1. The zero-order valence-electron chi connectivity index (χ0n) is 11.8. The lowest BCUT2D eigenvalue weighted by Crippen LogP contribution is -2.42. The standard InChI is InChI=1S/C16H21N3O/c20-13-18-16(6-1-7-16)15-4-2-14(3-5-15)12-19-10-8-17-9-11-19/h2-5,17H,1,6-12H2. The maximum absolute atomic E-state index is 10.6. The van der Waals surface area contributed by atoms with Crippen molar-refractivity contribution in [3.63, 3.8) is 0 Å². The zero-order valence-corrected chi connectivity index (χ0v) is 11.8. The summed E-state index contributed by atoms with van der Waals surface area (Å²) in [4.78, 5) is 17.1. The summed E-state index contributed by atoms with van der Waals surface area (Å²) in [5.74, 6) is 0. The number of piperazine rings is 1. The lowest BCUT2D eigenvalue weighted by molar-refractivity contribution is 0.233. The topological polar surface area (TPSA) is 44.7 Å². The van der Waals surface area contributed by atoms with E-state index in [-0.39, 0.29) is 5.54 Å². The average molecular weight is 271 g/mol. The second-order valence-corrected chi connectivity index (χ2v) is 5.81. The number of nitrogens with zero attached hydrogens (tertiary/aromatic N) is 2. The summed E-state index contributed by atoms with van der Waals surface area (Å²) >= 11 is 0. The van der Waals surface area contributed by atoms with Crippen LogP contribution >= 0.6 is 0 Å². The van der Waals surface area contributed by atoms with Crippen molar-refractivity contribution in [1.29, 1.82) is 0 Å². The predicted octanol–water partition coefficient (Wildman–Crippen LogP) is 1.81. The third kappa shape index (κ3) is 2.68. The van der Waals surface area contributed by atoms with Gasteiger partial charge in [0.25, 0.3) is 0 Å². The number of hydrogen-bond acceptors (Lipinski definition) is 4. The first-order chi connectivity index (χ1) is 9.82. The molecule has 0 atom stereocenters. The second kappa shape index (κ2) is 5.88. The normalized spacial score (nSPS) is 21.8. The van der Waals surface area contributed by atoms with Gasteiger partial charge in [0.05, 0.1) is 5.54 Å². The van der Waals surface area contributed by atoms with Gasteiger partial charge >= 0.3 is 0 Å². The molecule has 1 aliphatic carbocycles. The minimum Gasteiger partial charge on any atom is -0.314 e. The summed E-state index contributed by atoms with van der Waals surface area (Å²) in [6.45, 7) is 5.39. The highest BCUT2D eigenvalue weighted by Crippen LogP contribution is 2.44. The van der Waals surface area contributed by atoms with E-state index in [1.165, 1.54) is 5.56 Å². The smallest absolute Gasteiger partial charge is 0.235 e. The Morgan fingerprint density at radius 3 is 2.45 bits per heavy atom. The van der Waals surface area contributed by atoms with E-state index in [4.69, 9.17) is 0 Å². The zero-order chi connectivity index (χ0) is 13.8. The molecule has 1 saturated carbocycles. The number of aliphatic imine (C=N–C) groups is 1. The van der Waals surface area contributed by atoms with Gasteiger partial charge < -0.3 is 5.32 Å². The van der Waals surface area contributed by atoms with E-state index in [2.05, 4.69) is 39.5 Å². The summed E-state index contributed by atoms with van der Waals surface area (Å²) in [6, 6.07) is 8.63. The van der Waals surface area contributed by atoms with Crippen molar-refractivity contribution in [3.05, 3.63) is 35.4 Å². The summed E-state index contributed by atoms with van der Waals surface area (Å²) < 4.78 is 0. The van der Waals surface area contributed by atoms with Crippen molar-refractivity contribution < 1.29 is 4.79 Å². The Morgan fingerprint density at radius 2 is 1.90 bits per heavy atom. The van der Waals surface area contributed by atoms with E-state index >= 15 is 0 Å². The minimum atomic E-state index is -0.269. The number of nitrogens with one attached hydrogen (secondary N) is 1. The number of carbonyl (C=O) groups excluding carboxylic acids is 1. The van der Waals surface area contributed by atoms with Crippen LogP contribution < -0.4 is 5.32 Å². The first kappa shape index (κ1) is 13.5. The van der Waals surface area contributed by atoms with Gasteiger partial charge in [-0.25, -0.2) is 4.79 Å². The Kier molecular flexibility index (Phi) is 3.97. The van der Waals surface area contributed by atoms with Gasteiger partial charge in [-0.2, -0.15) is 4.99 Å². The summed E-state index contributed by atoms with van der Waals surface area (Å²) in [5, 5.41) is 3.37. The molecule has 0 aromatic heterocycles. The molecule has 0 unspecified atom stereocenters. The van der Waals surface area contributed by atoms with Crippen LogP contribution in [-0.2, 0) is 16.9 Å². The van der Waals surface area contributed by atoms with E-state index in [1.54, 1.807) is 6.08 Å². The van der Waals surface area contributed by atoms with Crippen molar-refractivity contribution in [1.82, 2.24) is 10.2 Å². The van der Waals surface area contributed by atoms with Crippen LogP contribution in [0.4, 0.5) is 0 Å². The molecule has 1 aromatic carbocycles. The monoisotopic (exact) mass is 271 g/mol. The molecule has 2 fully saturated rings. The first-order valence-corrected chi connectivity index (χ1v) is 7.44. The molecule has 1 aromatic rings. The molecular formula is C16H21N3O. The number of isocyanates is 1. The maximum atomic E-state index is 10.6. The van der Waals surface area contributed by atoms with Gasteiger partial charge in [0.15, 0.2) is 0 Å². The fourth-order valence-electron chi connectivity index (χ4n) is 3.11. The quantitative estimate of drug-likeness (QED) is 0.671. The highest BCUT2D eigenvalue weighted by molar-refractivity contribution is 5.40. The lowest BCUT2D eigenvalue weighted by Gasteiger charge is -2.37. The van der Waals surface area contributed by atoms with Crippen LogP contribution in [0.3, 0.4) is 0 Å². The van der Waals surface area contributed by atoms with E-state index in [1.807, 2.05) is 0 Å². The molecule has 4 heteroatoms. The molecule has 0 radical (unpaired) electrons. The lowest BCUT2D eigenvalue weighted by atomic mass is 9.72. The average Bonchev–Trinajstić information content (AvgIpc) is 2.45. The van der Waals surface area contributed by atoms with Crippen molar-refractivity contribution in [2.45, 2.75) is 31.3 Å². The number of rotatable bonds is 4. The highest BCUT2D eigenvalue weighted by Gasteiger charge is 2.38. The van der Waals surface area contributed by atoms with Crippen molar-refractivity contribution in [3.8, 4) is 0 Å². The third-order valence-corrected chi connectivity index (χ3v) is 4.55. The van der Waals surface area contributed by atoms with Crippen molar-refractivity contribution in [2.24, 2.45) is 4.99 Å². The molecule has 106 valence electrons. The van der Waals surface area contributed by atoms with Crippen LogP contribution in [0.15, 0.2) is 29.3 Å². The number of hydrogen-bond donors (Lipinski definition) is 1. The van der Waals surface area contributed by atoms with Crippen molar-refractivity contribution >= 4 is 6.08 Å². The van der Waals surface area contributed by atoms with Gasteiger partial charge in [0, 0.05) is 32.7 Å². The largest absolute Gasteiger partial charge is 0.314 e. The van der Waals surface area contributed by atoms with Crippen LogP contribution in [0.5, 0.6) is 0 Å². The molecule has 20 heavy (non-hydrogen) atoms. The summed E-state index contributed by atoms with van der Waals surface area (Å²) in [5.41, 5.74) is 2.23. The minimum absolute atomic E-state index is 0.269. The maximum Gasteiger partial charge on any atom is 0.235 e. The van der Waals surface area contributed by atoms with Crippen LogP contribution in [0.25, 0.3) is 0 Å². The third-order valence-electron chi connectivity index (χ3n) is 4.55. The number of benzene rings is 1. The predicted molar refractivity (Wildman–Crippen MR) is 78.2 cm³/mol. The molecule has 0 amide bonds.